The van der Waals surface area contributed by atoms with Gasteiger partial charge in [0.15, 0.2) is 0 Å². The summed E-state index contributed by atoms with van der Waals surface area (Å²) in [4.78, 5) is 22.2. The SMILES string of the molecule is CC(C)(C)OC(=O)N1CCC(=Cc2cccc(Oc3ncc(Br)cn3)c2)CC1. The largest absolute Gasteiger partial charge is 0.444 e. The van der Waals surface area contributed by atoms with E-state index in [1.807, 2.05) is 45.0 Å². The number of halogens is 1. The molecule has 1 fully saturated rings. The smallest absolute Gasteiger partial charge is 0.410 e. The molecule has 6 nitrogen and oxygen atoms in total. The van der Waals surface area contributed by atoms with Crippen molar-refractivity contribution in [3.05, 3.63) is 52.3 Å². The lowest BCUT2D eigenvalue weighted by molar-refractivity contribution is 0.0237. The number of ether oxygens (including phenoxy) is 2. The maximum Gasteiger partial charge on any atom is 0.410 e. The molecule has 0 aliphatic carbocycles. The van der Waals surface area contributed by atoms with Crippen LogP contribution in [0.4, 0.5) is 4.79 Å². The van der Waals surface area contributed by atoms with E-state index in [1.54, 1.807) is 17.3 Å². The van der Waals surface area contributed by atoms with Gasteiger partial charge in [0, 0.05) is 25.5 Å². The van der Waals surface area contributed by atoms with Crippen LogP contribution in [0.1, 0.15) is 39.2 Å². The van der Waals surface area contributed by atoms with Gasteiger partial charge in [-0.05, 0) is 67.2 Å². The Kier molecular flexibility index (Phi) is 6.34. The Morgan fingerprint density at radius 1 is 1.18 bits per heavy atom. The molecule has 0 atom stereocenters. The quantitative estimate of drug-likeness (QED) is 0.628. The van der Waals surface area contributed by atoms with E-state index in [0.29, 0.717) is 24.8 Å². The lowest BCUT2D eigenvalue weighted by Gasteiger charge is -2.31. The molecule has 1 amide bonds. The van der Waals surface area contributed by atoms with Gasteiger partial charge in [0.05, 0.1) is 4.47 Å². The standard InChI is InChI=1S/C21H24BrN3O3/c1-21(2,3)28-20(26)25-9-7-15(8-10-25)11-16-5-4-6-18(12-16)27-19-23-13-17(22)14-24-19/h4-6,11-14H,7-10H2,1-3H3. The Morgan fingerprint density at radius 3 is 2.50 bits per heavy atom. The van der Waals surface area contributed by atoms with Crippen molar-refractivity contribution in [2.24, 2.45) is 0 Å². The number of rotatable bonds is 3. The molecule has 7 heteroatoms. The van der Waals surface area contributed by atoms with E-state index in [9.17, 15) is 4.79 Å². The number of carbonyl (C=O) groups excluding carboxylic acids is 1. The molecule has 0 radical (unpaired) electrons. The van der Waals surface area contributed by atoms with Crippen molar-refractivity contribution >= 4 is 28.1 Å². The molecular weight excluding hydrogens is 422 g/mol. The third-order valence-electron chi connectivity index (χ3n) is 4.09. The molecule has 3 rings (SSSR count). The minimum absolute atomic E-state index is 0.239. The first-order valence-corrected chi connectivity index (χ1v) is 10.0. The van der Waals surface area contributed by atoms with Crippen LogP contribution in [0.2, 0.25) is 0 Å². The van der Waals surface area contributed by atoms with Crippen molar-refractivity contribution in [3.63, 3.8) is 0 Å². The van der Waals surface area contributed by atoms with Gasteiger partial charge >= 0.3 is 12.1 Å². The maximum absolute atomic E-state index is 12.2. The van der Waals surface area contributed by atoms with Crippen molar-refractivity contribution < 1.29 is 14.3 Å². The summed E-state index contributed by atoms with van der Waals surface area (Å²) in [5, 5.41) is 0. The Hall–Kier alpha value is -2.41. The second-order valence-corrected chi connectivity index (χ2v) is 8.54. The number of benzene rings is 1. The monoisotopic (exact) mass is 445 g/mol. The number of carbonyl (C=O) groups is 1. The molecule has 0 bridgehead atoms. The van der Waals surface area contributed by atoms with Gasteiger partial charge in [-0.25, -0.2) is 14.8 Å². The zero-order valence-electron chi connectivity index (χ0n) is 16.3. The van der Waals surface area contributed by atoms with Crippen molar-refractivity contribution in [3.8, 4) is 11.8 Å². The van der Waals surface area contributed by atoms with Gasteiger partial charge in [0.25, 0.3) is 0 Å². The van der Waals surface area contributed by atoms with Gasteiger partial charge in [0.2, 0.25) is 0 Å². The molecule has 1 aromatic heterocycles. The molecule has 148 valence electrons. The summed E-state index contributed by atoms with van der Waals surface area (Å²) in [5.41, 5.74) is 1.89. The molecular formula is C21H24BrN3O3. The van der Waals surface area contributed by atoms with Crippen LogP contribution in [0, 0.1) is 0 Å². The first kappa shape index (κ1) is 20.3. The maximum atomic E-state index is 12.2. The molecule has 1 saturated heterocycles. The topological polar surface area (TPSA) is 64.5 Å². The molecule has 1 aromatic carbocycles. The zero-order chi connectivity index (χ0) is 20.1. The molecule has 28 heavy (non-hydrogen) atoms. The van der Waals surface area contributed by atoms with E-state index < -0.39 is 5.60 Å². The van der Waals surface area contributed by atoms with Crippen molar-refractivity contribution in [1.29, 1.82) is 0 Å². The highest BCUT2D eigenvalue weighted by Gasteiger charge is 2.24. The van der Waals surface area contributed by atoms with Crippen LogP contribution in [0.15, 0.2) is 46.7 Å². The highest BCUT2D eigenvalue weighted by atomic mass is 79.9. The number of aromatic nitrogens is 2. The molecule has 2 aromatic rings. The predicted molar refractivity (Wildman–Crippen MR) is 111 cm³/mol. The molecule has 2 heterocycles. The third kappa shape index (κ3) is 6.05. The molecule has 0 N–H and O–H groups in total. The van der Waals surface area contributed by atoms with Crippen LogP contribution in [-0.4, -0.2) is 39.7 Å². The fourth-order valence-corrected chi connectivity index (χ4v) is 3.01. The Bertz CT molecular complexity index is 850. The van der Waals surface area contributed by atoms with Gasteiger partial charge in [-0.1, -0.05) is 23.8 Å². The summed E-state index contributed by atoms with van der Waals surface area (Å²) >= 11 is 3.30. The van der Waals surface area contributed by atoms with Crippen LogP contribution >= 0.6 is 15.9 Å². The van der Waals surface area contributed by atoms with Crippen LogP contribution < -0.4 is 4.74 Å². The minimum atomic E-state index is -0.466. The highest BCUT2D eigenvalue weighted by molar-refractivity contribution is 9.10. The zero-order valence-corrected chi connectivity index (χ0v) is 17.9. The van der Waals surface area contributed by atoms with E-state index in [-0.39, 0.29) is 6.09 Å². The number of likely N-dealkylation sites (tertiary alicyclic amines) is 1. The van der Waals surface area contributed by atoms with E-state index in [1.165, 1.54) is 5.57 Å². The Labute approximate surface area is 173 Å². The third-order valence-corrected chi connectivity index (χ3v) is 4.50. The van der Waals surface area contributed by atoms with Gasteiger partial charge < -0.3 is 14.4 Å². The Balaban J connectivity index is 1.60. The number of hydrogen-bond acceptors (Lipinski definition) is 5. The summed E-state index contributed by atoms with van der Waals surface area (Å²) in [6.07, 6.45) is 6.87. The van der Waals surface area contributed by atoms with Gasteiger partial charge in [-0.15, -0.1) is 0 Å². The molecule has 0 spiro atoms. The van der Waals surface area contributed by atoms with E-state index >= 15 is 0 Å². The summed E-state index contributed by atoms with van der Waals surface area (Å²) < 4.78 is 12.0. The van der Waals surface area contributed by atoms with E-state index in [0.717, 1.165) is 22.9 Å². The van der Waals surface area contributed by atoms with Gasteiger partial charge in [-0.3, -0.25) is 0 Å². The number of piperidine rings is 1. The predicted octanol–water partition coefficient (Wildman–Crippen LogP) is 5.45. The molecule has 0 unspecified atom stereocenters. The van der Waals surface area contributed by atoms with Gasteiger partial charge in [0.1, 0.15) is 11.4 Å². The highest BCUT2D eigenvalue weighted by Crippen LogP contribution is 2.24. The summed E-state index contributed by atoms with van der Waals surface area (Å²) in [6.45, 7) is 6.99. The van der Waals surface area contributed by atoms with Crippen molar-refractivity contribution in [1.82, 2.24) is 14.9 Å². The lowest BCUT2D eigenvalue weighted by atomic mass is 10.0. The van der Waals surface area contributed by atoms with Crippen LogP contribution in [-0.2, 0) is 4.74 Å². The second-order valence-electron chi connectivity index (χ2n) is 7.63. The summed E-state index contributed by atoms with van der Waals surface area (Å²) in [7, 11) is 0. The molecule has 0 saturated carbocycles. The Morgan fingerprint density at radius 2 is 1.86 bits per heavy atom. The average molecular weight is 446 g/mol. The fraction of sp³-hybridized carbons (Fsp3) is 0.381. The second kappa shape index (κ2) is 8.73. The van der Waals surface area contributed by atoms with Crippen LogP contribution in [0.3, 0.4) is 0 Å². The first-order valence-electron chi connectivity index (χ1n) is 9.21. The van der Waals surface area contributed by atoms with Crippen LogP contribution in [0.25, 0.3) is 6.08 Å². The summed E-state index contributed by atoms with van der Waals surface area (Å²) in [6, 6.07) is 8.11. The number of nitrogens with zero attached hydrogens (tertiary/aromatic N) is 3. The summed E-state index contributed by atoms with van der Waals surface area (Å²) in [5.74, 6) is 0.683. The molecule has 1 aliphatic rings. The van der Waals surface area contributed by atoms with Crippen molar-refractivity contribution in [2.75, 3.05) is 13.1 Å². The number of hydrogen-bond donors (Lipinski definition) is 0. The minimum Gasteiger partial charge on any atom is -0.444 e. The normalized spacial score (nSPS) is 14.6. The van der Waals surface area contributed by atoms with E-state index in [4.69, 9.17) is 9.47 Å². The van der Waals surface area contributed by atoms with Gasteiger partial charge in [-0.2, -0.15) is 0 Å². The van der Waals surface area contributed by atoms with Crippen LogP contribution in [0.5, 0.6) is 11.8 Å². The lowest BCUT2D eigenvalue weighted by Crippen LogP contribution is -2.40. The van der Waals surface area contributed by atoms with E-state index in [2.05, 4.69) is 32.0 Å². The first-order chi connectivity index (χ1) is 13.3. The average Bonchev–Trinajstić information content (AvgIpc) is 2.63. The fourth-order valence-electron chi connectivity index (χ4n) is 2.81. The van der Waals surface area contributed by atoms with Crippen molar-refractivity contribution in [2.45, 2.75) is 39.2 Å². The molecule has 1 aliphatic heterocycles. The number of amides is 1.